The van der Waals surface area contributed by atoms with Crippen molar-refractivity contribution in [3.05, 3.63) is 88.9 Å². The van der Waals surface area contributed by atoms with Gasteiger partial charge in [0.1, 0.15) is 11.4 Å². The summed E-state index contributed by atoms with van der Waals surface area (Å²) in [7, 11) is 0. The monoisotopic (exact) mass is 481 g/mol. The zero-order valence-electron chi connectivity index (χ0n) is 21.1. The maximum atomic E-state index is 13.4. The van der Waals surface area contributed by atoms with Gasteiger partial charge in [0.15, 0.2) is 0 Å². The van der Waals surface area contributed by atoms with E-state index in [9.17, 15) is 4.79 Å². The standard InChI is InChI=1S/C30H31N3O3/c1-4-33-20(3)27(22-11-6-7-13-25(22)33)30(28-23(29(34)36-30)12-10-16-31-28)24-15-14-21(19-26(24)35-5-2)32-17-8-9-18-32/h6-7,10-16,19H,4-5,8-9,17-18H2,1-3H3. The average Bonchev–Trinajstić information content (AvgIpc) is 3.60. The van der Waals surface area contributed by atoms with Crippen LogP contribution in [0, 0.1) is 6.92 Å². The van der Waals surface area contributed by atoms with Crippen LogP contribution in [0.5, 0.6) is 5.75 Å². The number of para-hydroxylation sites is 1. The van der Waals surface area contributed by atoms with Crippen molar-refractivity contribution in [2.45, 2.75) is 45.8 Å². The predicted molar refractivity (Wildman–Crippen MR) is 141 cm³/mol. The number of hydrogen-bond donors (Lipinski definition) is 0. The van der Waals surface area contributed by atoms with Crippen molar-refractivity contribution in [2.24, 2.45) is 0 Å². The lowest BCUT2D eigenvalue weighted by atomic mass is 9.80. The molecule has 1 saturated heterocycles. The van der Waals surface area contributed by atoms with Gasteiger partial charge < -0.3 is 18.9 Å². The highest BCUT2D eigenvalue weighted by molar-refractivity contribution is 5.98. The Morgan fingerprint density at radius 1 is 1.06 bits per heavy atom. The number of benzene rings is 2. The Labute approximate surface area is 211 Å². The molecule has 0 amide bonds. The summed E-state index contributed by atoms with van der Waals surface area (Å²) in [4.78, 5) is 20.5. The Kier molecular flexibility index (Phi) is 5.47. The minimum Gasteiger partial charge on any atom is -0.493 e. The second-order valence-corrected chi connectivity index (χ2v) is 9.50. The van der Waals surface area contributed by atoms with E-state index in [1.165, 1.54) is 12.8 Å². The first-order chi connectivity index (χ1) is 17.6. The molecule has 0 bridgehead atoms. The minimum absolute atomic E-state index is 0.364. The van der Waals surface area contributed by atoms with Gasteiger partial charge in [0.25, 0.3) is 0 Å². The number of aryl methyl sites for hydroxylation is 1. The van der Waals surface area contributed by atoms with E-state index in [0.717, 1.165) is 58.8 Å². The molecule has 0 N–H and O–H groups in total. The Bertz CT molecular complexity index is 1470. The minimum atomic E-state index is -1.22. The van der Waals surface area contributed by atoms with Crippen LogP contribution in [0.25, 0.3) is 10.9 Å². The largest absolute Gasteiger partial charge is 0.493 e. The van der Waals surface area contributed by atoms with Crippen LogP contribution in [0.2, 0.25) is 0 Å². The lowest BCUT2D eigenvalue weighted by Crippen LogP contribution is -2.32. The third-order valence-electron chi connectivity index (χ3n) is 7.62. The maximum Gasteiger partial charge on any atom is 0.341 e. The van der Waals surface area contributed by atoms with Gasteiger partial charge in [-0.15, -0.1) is 0 Å². The van der Waals surface area contributed by atoms with Gasteiger partial charge in [-0.05, 0) is 63.9 Å². The molecule has 36 heavy (non-hydrogen) atoms. The topological polar surface area (TPSA) is 56.6 Å². The molecule has 6 nitrogen and oxygen atoms in total. The van der Waals surface area contributed by atoms with Crippen molar-refractivity contribution in [3.63, 3.8) is 0 Å². The van der Waals surface area contributed by atoms with Gasteiger partial charge >= 0.3 is 5.97 Å². The quantitative estimate of drug-likeness (QED) is 0.325. The number of pyridine rings is 1. The molecule has 1 unspecified atom stereocenters. The van der Waals surface area contributed by atoms with E-state index in [2.05, 4.69) is 53.6 Å². The predicted octanol–water partition coefficient (Wildman–Crippen LogP) is 5.83. The third-order valence-corrected chi connectivity index (χ3v) is 7.62. The third kappa shape index (κ3) is 3.16. The molecule has 0 aliphatic carbocycles. The molecule has 6 heteroatoms. The second kappa shape index (κ2) is 8.70. The van der Waals surface area contributed by atoms with E-state index in [1.807, 2.05) is 19.1 Å². The Hall–Kier alpha value is -3.80. The molecule has 2 aromatic heterocycles. The number of carbonyl (C=O) groups excluding carboxylic acids is 1. The van der Waals surface area contributed by atoms with Gasteiger partial charge in [0.2, 0.25) is 5.60 Å². The Balaban J connectivity index is 1.70. The number of ether oxygens (including phenoxy) is 2. The highest BCUT2D eigenvalue weighted by Gasteiger charge is 2.54. The number of cyclic esters (lactones) is 1. The Morgan fingerprint density at radius 3 is 2.64 bits per heavy atom. The number of hydrogen-bond acceptors (Lipinski definition) is 5. The van der Waals surface area contributed by atoms with Crippen LogP contribution < -0.4 is 9.64 Å². The van der Waals surface area contributed by atoms with Crippen molar-refractivity contribution in [3.8, 4) is 5.75 Å². The van der Waals surface area contributed by atoms with E-state index >= 15 is 0 Å². The first kappa shape index (κ1) is 22.7. The van der Waals surface area contributed by atoms with Crippen LogP contribution >= 0.6 is 0 Å². The van der Waals surface area contributed by atoms with Gasteiger partial charge in [0.05, 0.1) is 12.2 Å². The van der Waals surface area contributed by atoms with Gasteiger partial charge in [-0.2, -0.15) is 0 Å². The molecule has 184 valence electrons. The van der Waals surface area contributed by atoms with Gasteiger partial charge in [-0.1, -0.05) is 18.2 Å². The van der Waals surface area contributed by atoms with Gasteiger partial charge in [0, 0.05) is 65.3 Å². The van der Waals surface area contributed by atoms with Crippen molar-refractivity contribution in [1.82, 2.24) is 9.55 Å². The fourth-order valence-corrected chi connectivity index (χ4v) is 6.11. The SMILES string of the molecule is CCOc1cc(N2CCCC2)ccc1C1(c2c(C)n(CC)c3ccccc23)OC(=O)c2cccnc21. The van der Waals surface area contributed by atoms with E-state index in [1.54, 1.807) is 18.3 Å². The molecule has 1 atom stereocenters. The summed E-state index contributed by atoms with van der Waals surface area (Å²) in [5, 5.41) is 1.05. The molecule has 6 rings (SSSR count). The molecule has 0 spiro atoms. The molecule has 4 aromatic rings. The first-order valence-electron chi connectivity index (χ1n) is 12.9. The zero-order chi connectivity index (χ0) is 24.9. The highest BCUT2D eigenvalue weighted by atomic mass is 16.6. The van der Waals surface area contributed by atoms with Crippen LogP contribution in [0.1, 0.15) is 59.6 Å². The highest BCUT2D eigenvalue weighted by Crippen LogP contribution is 2.52. The van der Waals surface area contributed by atoms with Gasteiger partial charge in [-0.3, -0.25) is 4.98 Å². The van der Waals surface area contributed by atoms with Crippen molar-refractivity contribution < 1.29 is 14.3 Å². The number of nitrogens with zero attached hydrogens (tertiary/aromatic N) is 3. The van der Waals surface area contributed by atoms with Crippen LogP contribution in [-0.2, 0) is 16.9 Å². The Morgan fingerprint density at radius 2 is 1.86 bits per heavy atom. The second-order valence-electron chi connectivity index (χ2n) is 9.50. The summed E-state index contributed by atoms with van der Waals surface area (Å²) in [6.07, 6.45) is 4.13. The lowest BCUT2D eigenvalue weighted by Gasteiger charge is -2.32. The number of aromatic nitrogens is 2. The summed E-state index contributed by atoms with van der Waals surface area (Å²) in [5.74, 6) is 0.359. The van der Waals surface area contributed by atoms with E-state index in [0.29, 0.717) is 17.9 Å². The summed E-state index contributed by atoms with van der Waals surface area (Å²) in [5.41, 5.74) is 4.94. The first-order valence-corrected chi connectivity index (χ1v) is 12.9. The van der Waals surface area contributed by atoms with Gasteiger partial charge in [-0.25, -0.2) is 4.79 Å². The summed E-state index contributed by atoms with van der Waals surface area (Å²) >= 11 is 0. The summed E-state index contributed by atoms with van der Waals surface area (Å²) in [6.45, 7) is 9.62. The summed E-state index contributed by atoms with van der Waals surface area (Å²) < 4.78 is 15.0. The fraction of sp³-hybridized carbons (Fsp3) is 0.333. The maximum absolute atomic E-state index is 13.4. The van der Waals surface area contributed by atoms with Crippen molar-refractivity contribution in [2.75, 3.05) is 24.6 Å². The van der Waals surface area contributed by atoms with Crippen molar-refractivity contribution in [1.29, 1.82) is 0 Å². The lowest BCUT2D eigenvalue weighted by molar-refractivity contribution is 0.0238. The fourth-order valence-electron chi connectivity index (χ4n) is 6.11. The molecule has 2 aromatic carbocycles. The van der Waals surface area contributed by atoms with E-state index < -0.39 is 5.60 Å². The average molecular weight is 482 g/mol. The molecule has 0 saturated carbocycles. The number of fused-ring (bicyclic) bond motifs is 2. The molecule has 4 heterocycles. The van der Waals surface area contributed by atoms with Crippen molar-refractivity contribution >= 4 is 22.6 Å². The number of carbonyl (C=O) groups is 1. The van der Waals surface area contributed by atoms with Crippen LogP contribution in [0.3, 0.4) is 0 Å². The molecule has 1 fully saturated rings. The van der Waals surface area contributed by atoms with E-state index in [4.69, 9.17) is 14.5 Å². The van der Waals surface area contributed by atoms with Crippen LogP contribution in [0.15, 0.2) is 60.8 Å². The molecule has 2 aliphatic rings. The van der Waals surface area contributed by atoms with Crippen LogP contribution in [0.4, 0.5) is 5.69 Å². The summed E-state index contributed by atoms with van der Waals surface area (Å²) in [6, 6.07) is 18.2. The number of esters is 1. The van der Waals surface area contributed by atoms with E-state index in [-0.39, 0.29) is 5.97 Å². The molecular formula is C30H31N3O3. The smallest absolute Gasteiger partial charge is 0.341 e. The molecule has 2 aliphatic heterocycles. The normalized spacial score (nSPS) is 19.1. The zero-order valence-corrected chi connectivity index (χ0v) is 21.1. The number of anilines is 1. The van der Waals surface area contributed by atoms with Crippen LogP contribution in [-0.4, -0.2) is 35.2 Å². The number of rotatable bonds is 6. The molecule has 0 radical (unpaired) electrons. The molecular weight excluding hydrogens is 450 g/mol.